The maximum absolute atomic E-state index is 13.5. The summed E-state index contributed by atoms with van der Waals surface area (Å²) in [5.41, 5.74) is 0.181. The minimum Gasteiger partial charge on any atom is -0.311 e. The van der Waals surface area contributed by atoms with Gasteiger partial charge in [-0.1, -0.05) is 25.8 Å². The SMILES string of the molecule is CCCCC(C)NC(C)Cc1c(F)cccc1F. The summed E-state index contributed by atoms with van der Waals surface area (Å²) < 4.78 is 27.0. The summed E-state index contributed by atoms with van der Waals surface area (Å²) >= 11 is 0. The molecule has 0 aliphatic heterocycles. The average Bonchev–Trinajstić information content (AvgIpc) is 2.31. The number of hydrogen-bond donors (Lipinski definition) is 1. The Kier molecular flexibility index (Phi) is 6.27. The van der Waals surface area contributed by atoms with E-state index in [0.717, 1.165) is 6.42 Å². The normalized spacial score (nSPS) is 14.5. The fourth-order valence-electron chi connectivity index (χ4n) is 2.17. The Morgan fingerprint density at radius 2 is 1.72 bits per heavy atom. The first-order valence-electron chi connectivity index (χ1n) is 6.73. The Balaban J connectivity index is 2.51. The summed E-state index contributed by atoms with van der Waals surface area (Å²) in [6, 6.07) is 4.48. The van der Waals surface area contributed by atoms with E-state index in [1.807, 2.05) is 6.92 Å². The fourth-order valence-corrected chi connectivity index (χ4v) is 2.17. The van der Waals surface area contributed by atoms with Gasteiger partial charge in [0, 0.05) is 17.6 Å². The van der Waals surface area contributed by atoms with E-state index >= 15 is 0 Å². The molecule has 0 saturated heterocycles. The van der Waals surface area contributed by atoms with Gasteiger partial charge in [-0.2, -0.15) is 0 Å². The molecule has 18 heavy (non-hydrogen) atoms. The van der Waals surface area contributed by atoms with Gasteiger partial charge in [0.25, 0.3) is 0 Å². The molecule has 1 aromatic rings. The van der Waals surface area contributed by atoms with Gasteiger partial charge < -0.3 is 5.32 Å². The molecule has 1 N–H and O–H groups in total. The van der Waals surface area contributed by atoms with Gasteiger partial charge in [0.2, 0.25) is 0 Å². The molecule has 0 fully saturated rings. The van der Waals surface area contributed by atoms with Crippen LogP contribution in [0.1, 0.15) is 45.6 Å². The minimum atomic E-state index is -0.454. The van der Waals surface area contributed by atoms with E-state index in [-0.39, 0.29) is 11.6 Å². The number of hydrogen-bond acceptors (Lipinski definition) is 1. The van der Waals surface area contributed by atoms with E-state index in [0.29, 0.717) is 12.5 Å². The van der Waals surface area contributed by atoms with Gasteiger partial charge in [-0.15, -0.1) is 0 Å². The average molecular weight is 255 g/mol. The molecular weight excluding hydrogens is 232 g/mol. The molecule has 3 heteroatoms. The Hall–Kier alpha value is -0.960. The molecule has 102 valence electrons. The van der Waals surface area contributed by atoms with Gasteiger partial charge in [0.1, 0.15) is 11.6 Å². The largest absolute Gasteiger partial charge is 0.311 e. The summed E-state index contributed by atoms with van der Waals surface area (Å²) in [4.78, 5) is 0. The van der Waals surface area contributed by atoms with Crippen LogP contribution in [0.2, 0.25) is 0 Å². The zero-order chi connectivity index (χ0) is 13.5. The van der Waals surface area contributed by atoms with E-state index in [4.69, 9.17) is 0 Å². The van der Waals surface area contributed by atoms with Crippen molar-refractivity contribution in [3.05, 3.63) is 35.4 Å². The van der Waals surface area contributed by atoms with Crippen LogP contribution >= 0.6 is 0 Å². The van der Waals surface area contributed by atoms with Crippen LogP contribution < -0.4 is 5.32 Å². The first-order valence-corrected chi connectivity index (χ1v) is 6.73. The van der Waals surface area contributed by atoms with Crippen LogP contribution in [-0.4, -0.2) is 12.1 Å². The van der Waals surface area contributed by atoms with Gasteiger partial charge >= 0.3 is 0 Å². The molecule has 0 saturated carbocycles. The molecule has 0 heterocycles. The van der Waals surface area contributed by atoms with E-state index < -0.39 is 11.6 Å². The molecule has 0 radical (unpaired) electrons. The summed E-state index contributed by atoms with van der Waals surface area (Å²) in [5, 5.41) is 3.38. The highest BCUT2D eigenvalue weighted by molar-refractivity contribution is 5.20. The van der Waals surface area contributed by atoms with Crippen LogP contribution in [0.5, 0.6) is 0 Å². The second kappa shape index (κ2) is 7.47. The molecule has 0 spiro atoms. The number of rotatable bonds is 7. The molecule has 0 aliphatic carbocycles. The van der Waals surface area contributed by atoms with Crippen molar-refractivity contribution in [3.63, 3.8) is 0 Å². The minimum absolute atomic E-state index is 0.0725. The lowest BCUT2D eigenvalue weighted by Crippen LogP contribution is -2.36. The maximum atomic E-state index is 13.5. The highest BCUT2D eigenvalue weighted by Crippen LogP contribution is 2.14. The predicted molar refractivity (Wildman–Crippen MR) is 71.6 cm³/mol. The molecule has 0 amide bonds. The summed E-state index contributed by atoms with van der Waals surface area (Å²) in [7, 11) is 0. The molecule has 1 nitrogen and oxygen atoms in total. The first-order chi connectivity index (χ1) is 8.54. The highest BCUT2D eigenvalue weighted by atomic mass is 19.1. The van der Waals surface area contributed by atoms with Crippen molar-refractivity contribution >= 4 is 0 Å². The van der Waals surface area contributed by atoms with Crippen molar-refractivity contribution in [1.29, 1.82) is 0 Å². The third-order valence-electron chi connectivity index (χ3n) is 3.13. The summed E-state index contributed by atoms with van der Waals surface area (Å²) in [6.07, 6.45) is 3.83. The van der Waals surface area contributed by atoms with Crippen LogP contribution in [0, 0.1) is 11.6 Å². The van der Waals surface area contributed by atoms with Gasteiger partial charge in [-0.05, 0) is 38.8 Å². The topological polar surface area (TPSA) is 12.0 Å². The van der Waals surface area contributed by atoms with E-state index in [1.54, 1.807) is 0 Å². The zero-order valence-electron chi connectivity index (χ0n) is 11.5. The van der Waals surface area contributed by atoms with E-state index in [2.05, 4.69) is 19.2 Å². The predicted octanol–water partition coefficient (Wildman–Crippen LogP) is 4.06. The van der Waals surface area contributed by atoms with Gasteiger partial charge in [0.05, 0.1) is 0 Å². The molecule has 0 bridgehead atoms. The molecule has 0 aliphatic rings. The highest BCUT2D eigenvalue weighted by Gasteiger charge is 2.13. The standard InChI is InChI=1S/C15H23F2N/c1-4-5-7-11(2)18-12(3)10-13-14(16)8-6-9-15(13)17/h6,8-9,11-12,18H,4-5,7,10H2,1-3H3. The summed E-state index contributed by atoms with van der Waals surface area (Å²) in [6.45, 7) is 6.24. The van der Waals surface area contributed by atoms with Crippen molar-refractivity contribution in [2.75, 3.05) is 0 Å². The second-order valence-electron chi connectivity index (χ2n) is 5.02. The van der Waals surface area contributed by atoms with Gasteiger partial charge in [-0.3, -0.25) is 0 Å². The fraction of sp³-hybridized carbons (Fsp3) is 0.600. The van der Waals surface area contributed by atoms with Crippen LogP contribution in [0.3, 0.4) is 0 Å². The quantitative estimate of drug-likeness (QED) is 0.774. The molecular formula is C15H23F2N. The van der Waals surface area contributed by atoms with Crippen LogP contribution in [0.25, 0.3) is 0 Å². The number of nitrogens with one attached hydrogen (secondary N) is 1. The van der Waals surface area contributed by atoms with E-state index in [9.17, 15) is 8.78 Å². The number of benzene rings is 1. The Labute approximate surface area is 109 Å². The Bertz CT molecular complexity index is 345. The van der Waals surface area contributed by atoms with Gasteiger partial charge in [-0.25, -0.2) is 8.78 Å². The zero-order valence-corrected chi connectivity index (χ0v) is 11.5. The monoisotopic (exact) mass is 255 g/mol. The molecule has 2 unspecified atom stereocenters. The molecule has 1 rings (SSSR count). The van der Waals surface area contributed by atoms with Crippen molar-refractivity contribution in [2.24, 2.45) is 0 Å². The van der Waals surface area contributed by atoms with E-state index in [1.165, 1.54) is 31.0 Å². The Morgan fingerprint density at radius 1 is 1.11 bits per heavy atom. The van der Waals surface area contributed by atoms with Crippen molar-refractivity contribution in [1.82, 2.24) is 5.32 Å². The second-order valence-corrected chi connectivity index (χ2v) is 5.02. The van der Waals surface area contributed by atoms with Crippen LogP contribution in [0.4, 0.5) is 8.78 Å². The molecule has 2 atom stereocenters. The maximum Gasteiger partial charge on any atom is 0.129 e. The third kappa shape index (κ3) is 4.73. The first kappa shape index (κ1) is 15.1. The molecule has 1 aromatic carbocycles. The lowest BCUT2D eigenvalue weighted by atomic mass is 10.0. The summed E-state index contributed by atoms with van der Waals surface area (Å²) in [5.74, 6) is -0.908. The lowest BCUT2D eigenvalue weighted by Gasteiger charge is -2.20. The van der Waals surface area contributed by atoms with Crippen LogP contribution in [0.15, 0.2) is 18.2 Å². The van der Waals surface area contributed by atoms with Crippen LogP contribution in [-0.2, 0) is 6.42 Å². The number of halogens is 2. The molecule has 0 aromatic heterocycles. The van der Waals surface area contributed by atoms with Crippen molar-refractivity contribution < 1.29 is 8.78 Å². The van der Waals surface area contributed by atoms with Crippen molar-refractivity contribution in [3.8, 4) is 0 Å². The Morgan fingerprint density at radius 3 is 2.28 bits per heavy atom. The lowest BCUT2D eigenvalue weighted by molar-refractivity contribution is 0.423. The smallest absolute Gasteiger partial charge is 0.129 e. The third-order valence-corrected chi connectivity index (χ3v) is 3.13. The van der Waals surface area contributed by atoms with Crippen molar-refractivity contribution in [2.45, 2.75) is 58.5 Å². The number of unbranched alkanes of at least 4 members (excludes halogenated alkanes) is 1. The van der Waals surface area contributed by atoms with Gasteiger partial charge in [0.15, 0.2) is 0 Å².